The van der Waals surface area contributed by atoms with Crippen molar-refractivity contribution in [1.29, 1.82) is 0 Å². The van der Waals surface area contributed by atoms with Crippen LogP contribution in [0.3, 0.4) is 0 Å². The van der Waals surface area contributed by atoms with Gasteiger partial charge >= 0.3 is 0 Å². The molecule has 0 unspecified atom stereocenters. The van der Waals surface area contributed by atoms with E-state index in [9.17, 15) is 0 Å². The van der Waals surface area contributed by atoms with Gasteiger partial charge in [-0.1, -0.05) is 0 Å². The Hall–Kier alpha value is -2.35. The van der Waals surface area contributed by atoms with E-state index in [1.165, 1.54) is 18.4 Å². The van der Waals surface area contributed by atoms with Gasteiger partial charge in [-0.15, -0.1) is 0 Å². The van der Waals surface area contributed by atoms with Crippen LogP contribution in [0.4, 0.5) is 17.6 Å². The average molecular weight is 315 g/mol. The molecule has 0 aliphatic carbocycles. The first-order valence-corrected chi connectivity index (χ1v) is 8.03. The topological polar surface area (TPSA) is 96.3 Å². The zero-order chi connectivity index (χ0) is 15.8. The molecule has 0 spiro atoms. The van der Waals surface area contributed by atoms with Gasteiger partial charge in [0.15, 0.2) is 0 Å². The lowest BCUT2D eigenvalue weighted by Crippen LogP contribution is -2.24. The van der Waals surface area contributed by atoms with Crippen molar-refractivity contribution in [2.75, 3.05) is 35.2 Å². The van der Waals surface area contributed by atoms with Crippen LogP contribution in [0.1, 0.15) is 24.1 Å². The molecule has 2 aromatic rings. The van der Waals surface area contributed by atoms with Crippen LogP contribution in [0.5, 0.6) is 0 Å². The standard InChI is InChI=1S/C15H21N7O/c16-13-7-14(19-15(18-13)20-3-1-2-4-20)21-9-11-8-17-22(5-6-23)12(11)10-21/h7-8,23H,1-6,9-10H2,(H2,16,18,19). The summed E-state index contributed by atoms with van der Waals surface area (Å²) in [6.07, 6.45) is 4.23. The molecule has 0 saturated carbocycles. The highest BCUT2D eigenvalue weighted by Gasteiger charge is 2.26. The summed E-state index contributed by atoms with van der Waals surface area (Å²) in [4.78, 5) is 13.5. The van der Waals surface area contributed by atoms with Crippen LogP contribution in [0.25, 0.3) is 0 Å². The maximum atomic E-state index is 9.13. The fraction of sp³-hybridized carbons (Fsp3) is 0.533. The molecule has 2 aliphatic rings. The largest absolute Gasteiger partial charge is 0.394 e. The number of hydrogen-bond acceptors (Lipinski definition) is 7. The van der Waals surface area contributed by atoms with E-state index in [-0.39, 0.29) is 6.61 Å². The van der Waals surface area contributed by atoms with Gasteiger partial charge in [0, 0.05) is 31.3 Å². The lowest BCUT2D eigenvalue weighted by atomic mass is 10.3. The third kappa shape index (κ3) is 2.59. The van der Waals surface area contributed by atoms with Crippen LogP contribution in [-0.2, 0) is 19.6 Å². The molecule has 3 N–H and O–H groups in total. The fourth-order valence-electron chi connectivity index (χ4n) is 3.32. The van der Waals surface area contributed by atoms with Crippen molar-refractivity contribution in [3.05, 3.63) is 23.5 Å². The summed E-state index contributed by atoms with van der Waals surface area (Å²) in [5, 5.41) is 13.4. The zero-order valence-electron chi connectivity index (χ0n) is 13.0. The monoisotopic (exact) mass is 315 g/mol. The van der Waals surface area contributed by atoms with Gasteiger partial charge in [0.2, 0.25) is 5.95 Å². The van der Waals surface area contributed by atoms with Crippen molar-refractivity contribution in [3.8, 4) is 0 Å². The van der Waals surface area contributed by atoms with Crippen molar-refractivity contribution < 1.29 is 5.11 Å². The van der Waals surface area contributed by atoms with Crippen molar-refractivity contribution in [1.82, 2.24) is 19.7 Å². The lowest BCUT2D eigenvalue weighted by Gasteiger charge is -2.21. The second-order valence-electron chi connectivity index (χ2n) is 6.06. The molecule has 4 rings (SSSR count). The summed E-state index contributed by atoms with van der Waals surface area (Å²) in [7, 11) is 0. The van der Waals surface area contributed by atoms with Gasteiger partial charge in [-0.25, -0.2) is 0 Å². The highest BCUT2D eigenvalue weighted by atomic mass is 16.3. The van der Waals surface area contributed by atoms with Gasteiger partial charge in [0.1, 0.15) is 11.6 Å². The van der Waals surface area contributed by atoms with Gasteiger partial charge in [-0.2, -0.15) is 15.1 Å². The Balaban J connectivity index is 1.59. The van der Waals surface area contributed by atoms with Gasteiger partial charge in [0.05, 0.1) is 31.6 Å². The highest BCUT2D eigenvalue weighted by Crippen LogP contribution is 2.29. The Bertz CT molecular complexity index is 708. The summed E-state index contributed by atoms with van der Waals surface area (Å²) < 4.78 is 1.86. The first kappa shape index (κ1) is 14.3. The van der Waals surface area contributed by atoms with Crippen molar-refractivity contribution >= 4 is 17.6 Å². The van der Waals surface area contributed by atoms with E-state index in [1.807, 2.05) is 16.9 Å². The second kappa shape index (κ2) is 5.69. The van der Waals surface area contributed by atoms with Crippen molar-refractivity contribution in [3.63, 3.8) is 0 Å². The molecule has 2 aromatic heterocycles. The Morgan fingerprint density at radius 1 is 1.13 bits per heavy atom. The van der Waals surface area contributed by atoms with Crippen LogP contribution in [0.15, 0.2) is 12.3 Å². The number of aliphatic hydroxyl groups is 1. The molecule has 1 fully saturated rings. The van der Waals surface area contributed by atoms with E-state index >= 15 is 0 Å². The molecule has 4 heterocycles. The molecule has 1 saturated heterocycles. The minimum atomic E-state index is 0.0910. The summed E-state index contributed by atoms with van der Waals surface area (Å²) in [5.41, 5.74) is 8.31. The Morgan fingerprint density at radius 2 is 1.96 bits per heavy atom. The van der Waals surface area contributed by atoms with E-state index < -0.39 is 0 Å². The quantitative estimate of drug-likeness (QED) is 0.841. The molecular weight excluding hydrogens is 294 g/mol. The molecule has 2 aliphatic heterocycles. The number of nitrogens with two attached hydrogens (primary N) is 1. The number of nitrogens with zero attached hydrogens (tertiary/aromatic N) is 6. The SMILES string of the molecule is Nc1cc(N2Cc3cnn(CCO)c3C2)nc(N2CCCC2)n1. The number of rotatable bonds is 4. The molecule has 0 aromatic carbocycles. The minimum absolute atomic E-state index is 0.0910. The van der Waals surface area contributed by atoms with Crippen molar-refractivity contribution in [2.24, 2.45) is 0 Å². The number of fused-ring (bicyclic) bond motifs is 1. The van der Waals surface area contributed by atoms with Crippen LogP contribution in [0.2, 0.25) is 0 Å². The van der Waals surface area contributed by atoms with Gasteiger partial charge in [-0.3, -0.25) is 4.68 Å². The summed E-state index contributed by atoms with van der Waals surface area (Å²) >= 11 is 0. The third-order valence-corrected chi connectivity index (χ3v) is 4.48. The Kier molecular flexibility index (Phi) is 3.53. The van der Waals surface area contributed by atoms with E-state index in [1.54, 1.807) is 0 Å². The van der Waals surface area contributed by atoms with E-state index in [4.69, 9.17) is 15.8 Å². The number of aliphatic hydroxyl groups excluding tert-OH is 1. The molecule has 8 heteroatoms. The molecule has 8 nitrogen and oxygen atoms in total. The van der Waals surface area contributed by atoms with Crippen LogP contribution in [-0.4, -0.2) is 44.6 Å². The fourth-order valence-corrected chi connectivity index (χ4v) is 3.32. The molecule has 0 atom stereocenters. The molecule has 122 valence electrons. The first-order chi connectivity index (χ1) is 11.2. The summed E-state index contributed by atoms with van der Waals surface area (Å²) in [6.45, 7) is 4.09. The maximum absolute atomic E-state index is 9.13. The predicted octanol–water partition coefficient (Wildman–Crippen LogP) is 0.368. The number of nitrogen functional groups attached to an aromatic ring is 1. The summed E-state index contributed by atoms with van der Waals surface area (Å²) in [5.74, 6) is 2.08. The van der Waals surface area contributed by atoms with Crippen molar-refractivity contribution in [2.45, 2.75) is 32.5 Å². The van der Waals surface area contributed by atoms with Crippen LogP contribution < -0.4 is 15.5 Å². The summed E-state index contributed by atoms with van der Waals surface area (Å²) in [6, 6.07) is 1.83. The molecular formula is C15H21N7O. The van der Waals surface area contributed by atoms with Gasteiger partial charge < -0.3 is 20.6 Å². The Labute approximate surface area is 134 Å². The zero-order valence-corrected chi connectivity index (χ0v) is 13.0. The molecule has 0 bridgehead atoms. The average Bonchev–Trinajstić information content (AvgIpc) is 3.25. The highest BCUT2D eigenvalue weighted by molar-refractivity contribution is 5.54. The minimum Gasteiger partial charge on any atom is -0.394 e. The van der Waals surface area contributed by atoms with E-state index in [0.29, 0.717) is 12.4 Å². The van der Waals surface area contributed by atoms with Gasteiger partial charge in [-0.05, 0) is 12.8 Å². The number of aromatic nitrogens is 4. The molecule has 0 amide bonds. The normalized spacial score (nSPS) is 17.1. The van der Waals surface area contributed by atoms with Gasteiger partial charge in [0.25, 0.3) is 0 Å². The smallest absolute Gasteiger partial charge is 0.229 e. The lowest BCUT2D eigenvalue weighted by molar-refractivity contribution is 0.267. The molecule has 23 heavy (non-hydrogen) atoms. The number of hydrogen-bond donors (Lipinski definition) is 2. The van der Waals surface area contributed by atoms with E-state index in [0.717, 1.165) is 43.6 Å². The predicted molar refractivity (Wildman–Crippen MR) is 87.1 cm³/mol. The maximum Gasteiger partial charge on any atom is 0.229 e. The Morgan fingerprint density at radius 3 is 2.74 bits per heavy atom. The molecule has 0 radical (unpaired) electrons. The van der Waals surface area contributed by atoms with Crippen LogP contribution in [0, 0.1) is 0 Å². The second-order valence-corrected chi connectivity index (χ2v) is 6.06. The van der Waals surface area contributed by atoms with E-state index in [2.05, 4.69) is 19.9 Å². The number of anilines is 3. The van der Waals surface area contributed by atoms with Crippen LogP contribution >= 0.6 is 0 Å². The third-order valence-electron chi connectivity index (χ3n) is 4.48. The first-order valence-electron chi connectivity index (χ1n) is 8.03.